The Balaban J connectivity index is 1.92. The van der Waals surface area contributed by atoms with Crippen molar-refractivity contribution in [3.05, 3.63) is 58.9 Å². The highest BCUT2D eigenvalue weighted by atomic mass is 35.5. The monoisotopic (exact) mass is 379 g/mol. The fourth-order valence-corrected chi connectivity index (χ4v) is 3.12. The van der Waals surface area contributed by atoms with Crippen LogP contribution in [0, 0.1) is 0 Å². The molecular formula is C15H11Cl2N5OS. The van der Waals surface area contributed by atoms with Crippen molar-refractivity contribution in [2.45, 2.75) is 9.92 Å². The number of rotatable bonds is 4. The maximum Gasteiger partial charge on any atom is 0.252 e. The highest BCUT2D eigenvalue weighted by molar-refractivity contribution is 7.99. The predicted molar refractivity (Wildman–Crippen MR) is 93.1 cm³/mol. The summed E-state index contributed by atoms with van der Waals surface area (Å²) in [6, 6.07) is 3.48. The molecule has 0 unspecified atom stereocenters. The second-order valence-corrected chi connectivity index (χ2v) is 6.44. The van der Waals surface area contributed by atoms with Crippen LogP contribution < -0.4 is 5.32 Å². The molecule has 6 nitrogen and oxygen atoms in total. The molecular weight excluding hydrogens is 369 g/mol. The van der Waals surface area contributed by atoms with E-state index in [1.54, 1.807) is 48.5 Å². The molecule has 0 saturated heterocycles. The molecule has 0 bridgehead atoms. The van der Waals surface area contributed by atoms with E-state index in [1.165, 1.54) is 18.0 Å². The van der Waals surface area contributed by atoms with Crippen molar-refractivity contribution in [2.75, 3.05) is 7.05 Å². The number of carbonyl (C=O) groups is 1. The minimum absolute atomic E-state index is 0.174. The van der Waals surface area contributed by atoms with Gasteiger partial charge in [0.15, 0.2) is 5.82 Å². The highest BCUT2D eigenvalue weighted by Crippen LogP contribution is 2.34. The van der Waals surface area contributed by atoms with E-state index in [9.17, 15) is 4.79 Å². The first-order valence-corrected chi connectivity index (χ1v) is 8.36. The molecule has 24 heavy (non-hydrogen) atoms. The SMILES string of the molecule is CNC(=O)c1ccn(-c2nccc(Sc3cnc(Cl)cn3)c2Cl)c1. The Hall–Kier alpha value is -2.09. The summed E-state index contributed by atoms with van der Waals surface area (Å²) in [7, 11) is 1.58. The summed E-state index contributed by atoms with van der Waals surface area (Å²) in [5, 5.41) is 4.02. The Labute approximate surface area is 152 Å². The maximum atomic E-state index is 11.7. The average molecular weight is 380 g/mol. The molecule has 3 aromatic rings. The van der Waals surface area contributed by atoms with Gasteiger partial charge in [0.2, 0.25) is 0 Å². The number of amides is 1. The van der Waals surface area contributed by atoms with E-state index in [0.717, 1.165) is 4.90 Å². The van der Waals surface area contributed by atoms with Crippen LogP contribution in [-0.4, -0.2) is 32.5 Å². The van der Waals surface area contributed by atoms with Crippen molar-refractivity contribution in [3.8, 4) is 5.82 Å². The van der Waals surface area contributed by atoms with E-state index in [4.69, 9.17) is 23.2 Å². The molecule has 0 saturated carbocycles. The van der Waals surface area contributed by atoms with Crippen LogP contribution in [0.15, 0.2) is 53.0 Å². The number of halogens is 2. The van der Waals surface area contributed by atoms with Gasteiger partial charge in [-0.3, -0.25) is 4.79 Å². The minimum Gasteiger partial charge on any atom is -0.355 e. The standard InChI is InChI=1S/C15H11Cl2N5OS/c1-18-15(23)9-3-5-22(8-9)14-13(17)10(2-4-19-14)24-12-7-20-11(16)6-21-12/h2-8H,1H3,(H,18,23). The molecule has 0 spiro atoms. The zero-order chi connectivity index (χ0) is 17.1. The zero-order valence-electron chi connectivity index (χ0n) is 12.4. The highest BCUT2D eigenvalue weighted by Gasteiger charge is 2.13. The van der Waals surface area contributed by atoms with Crippen LogP contribution in [0.1, 0.15) is 10.4 Å². The Kier molecular flexibility index (Phi) is 5.03. The Morgan fingerprint density at radius 3 is 2.75 bits per heavy atom. The second kappa shape index (κ2) is 7.21. The molecule has 0 aromatic carbocycles. The van der Waals surface area contributed by atoms with Gasteiger partial charge in [0.05, 0.1) is 23.0 Å². The van der Waals surface area contributed by atoms with Crippen LogP contribution in [0.25, 0.3) is 5.82 Å². The average Bonchev–Trinajstić information content (AvgIpc) is 3.08. The summed E-state index contributed by atoms with van der Waals surface area (Å²) in [5.41, 5.74) is 0.525. The predicted octanol–water partition coefficient (Wildman–Crippen LogP) is 3.48. The van der Waals surface area contributed by atoms with Crippen LogP contribution in [0.4, 0.5) is 0 Å². The first kappa shape index (κ1) is 16.8. The molecule has 3 aromatic heterocycles. The Morgan fingerprint density at radius 1 is 1.21 bits per heavy atom. The summed E-state index contributed by atoms with van der Waals surface area (Å²) >= 11 is 13.6. The van der Waals surface area contributed by atoms with Gasteiger partial charge in [-0.15, -0.1) is 0 Å². The fourth-order valence-electron chi connectivity index (χ4n) is 1.95. The first-order valence-electron chi connectivity index (χ1n) is 6.79. The van der Waals surface area contributed by atoms with Crippen LogP contribution >= 0.6 is 35.0 Å². The zero-order valence-corrected chi connectivity index (χ0v) is 14.7. The number of carbonyl (C=O) groups excluding carboxylic acids is 1. The molecule has 122 valence electrons. The largest absolute Gasteiger partial charge is 0.355 e. The van der Waals surface area contributed by atoms with Gasteiger partial charge in [-0.1, -0.05) is 35.0 Å². The molecule has 0 aliphatic heterocycles. The summed E-state index contributed by atoms with van der Waals surface area (Å²) in [6.45, 7) is 0. The lowest BCUT2D eigenvalue weighted by molar-refractivity contribution is 0.0963. The van der Waals surface area contributed by atoms with Gasteiger partial charge < -0.3 is 9.88 Å². The van der Waals surface area contributed by atoms with Crippen LogP contribution in [0.3, 0.4) is 0 Å². The van der Waals surface area contributed by atoms with E-state index < -0.39 is 0 Å². The number of nitrogens with one attached hydrogen (secondary N) is 1. The molecule has 0 aliphatic carbocycles. The molecule has 0 atom stereocenters. The van der Waals surface area contributed by atoms with Gasteiger partial charge in [-0.05, 0) is 12.1 Å². The molecule has 1 N–H and O–H groups in total. The summed E-state index contributed by atoms with van der Waals surface area (Å²) in [4.78, 5) is 24.9. The van der Waals surface area contributed by atoms with Crippen LogP contribution in [-0.2, 0) is 0 Å². The molecule has 0 aliphatic rings. The van der Waals surface area contributed by atoms with Gasteiger partial charge in [0, 0.05) is 30.5 Å². The van der Waals surface area contributed by atoms with Crippen molar-refractivity contribution in [3.63, 3.8) is 0 Å². The molecule has 3 rings (SSSR count). The maximum absolute atomic E-state index is 11.7. The molecule has 1 amide bonds. The normalized spacial score (nSPS) is 10.6. The lowest BCUT2D eigenvalue weighted by atomic mass is 10.3. The number of nitrogens with zero attached hydrogens (tertiary/aromatic N) is 4. The summed E-state index contributed by atoms with van der Waals surface area (Å²) in [5.74, 6) is 0.352. The Bertz CT molecular complexity index is 882. The molecule has 0 radical (unpaired) electrons. The van der Waals surface area contributed by atoms with Gasteiger partial charge >= 0.3 is 0 Å². The van der Waals surface area contributed by atoms with E-state index in [1.807, 2.05) is 0 Å². The number of pyridine rings is 1. The van der Waals surface area contributed by atoms with Gasteiger partial charge in [-0.2, -0.15) is 0 Å². The fraction of sp³-hybridized carbons (Fsp3) is 0.0667. The molecule has 9 heteroatoms. The van der Waals surface area contributed by atoms with E-state index in [-0.39, 0.29) is 5.91 Å². The minimum atomic E-state index is -0.174. The van der Waals surface area contributed by atoms with Gasteiger partial charge in [0.1, 0.15) is 10.2 Å². The number of hydrogen-bond donors (Lipinski definition) is 1. The van der Waals surface area contributed by atoms with Gasteiger partial charge in [0.25, 0.3) is 5.91 Å². The molecule has 3 heterocycles. The third kappa shape index (κ3) is 3.53. The van der Waals surface area contributed by atoms with Crippen LogP contribution in [0.2, 0.25) is 10.2 Å². The van der Waals surface area contributed by atoms with Crippen molar-refractivity contribution < 1.29 is 4.79 Å². The third-order valence-corrected chi connectivity index (χ3v) is 4.73. The summed E-state index contributed by atoms with van der Waals surface area (Å²) < 4.78 is 1.70. The lowest BCUT2D eigenvalue weighted by Crippen LogP contribution is -2.16. The number of aromatic nitrogens is 4. The van der Waals surface area contributed by atoms with Gasteiger partial charge in [-0.25, -0.2) is 15.0 Å². The van der Waals surface area contributed by atoms with E-state index in [2.05, 4.69) is 20.3 Å². The van der Waals surface area contributed by atoms with Crippen molar-refractivity contribution in [2.24, 2.45) is 0 Å². The third-order valence-electron chi connectivity index (χ3n) is 3.07. The van der Waals surface area contributed by atoms with Crippen molar-refractivity contribution >= 4 is 40.9 Å². The second-order valence-electron chi connectivity index (χ2n) is 4.61. The first-order chi connectivity index (χ1) is 11.6. The molecule has 0 fully saturated rings. The topological polar surface area (TPSA) is 72.7 Å². The van der Waals surface area contributed by atoms with E-state index in [0.29, 0.717) is 26.6 Å². The van der Waals surface area contributed by atoms with Crippen molar-refractivity contribution in [1.29, 1.82) is 0 Å². The smallest absolute Gasteiger partial charge is 0.252 e. The Morgan fingerprint density at radius 2 is 2.04 bits per heavy atom. The van der Waals surface area contributed by atoms with E-state index >= 15 is 0 Å². The summed E-state index contributed by atoms with van der Waals surface area (Å²) in [6.07, 6.45) is 8.09. The lowest BCUT2D eigenvalue weighted by Gasteiger charge is -2.08. The quantitative estimate of drug-likeness (QED) is 0.750. The number of hydrogen-bond acceptors (Lipinski definition) is 5. The van der Waals surface area contributed by atoms with Crippen LogP contribution in [0.5, 0.6) is 0 Å². The van der Waals surface area contributed by atoms with Crippen molar-refractivity contribution in [1.82, 2.24) is 24.8 Å².